The standard InChI is InChI=1S/C26H15FN2/c27-26-21(16-28)23(18-10-4-1-5-11-18)25(20-14-8-3-9-15-20)24(22(26)17-29)19-12-6-2-7-13-19/h1-15H. The third-order valence-corrected chi connectivity index (χ3v) is 4.85. The molecule has 0 radical (unpaired) electrons. The summed E-state index contributed by atoms with van der Waals surface area (Å²) in [6.45, 7) is 0. The van der Waals surface area contributed by atoms with Crippen molar-refractivity contribution in [3.63, 3.8) is 0 Å². The highest BCUT2D eigenvalue weighted by molar-refractivity contribution is 5.99. The van der Waals surface area contributed by atoms with Gasteiger partial charge in [0.15, 0.2) is 5.82 Å². The van der Waals surface area contributed by atoms with E-state index in [4.69, 9.17) is 0 Å². The topological polar surface area (TPSA) is 47.6 Å². The molecule has 0 unspecified atom stereocenters. The zero-order valence-corrected chi connectivity index (χ0v) is 15.4. The first-order valence-corrected chi connectivity index (χ1v) is 9.12. The molecule has 3 heteroatoms. The first-order valence-electron chi connectivity index (χ1n) is 9.12. The summed E-state index contributed by atoms with van der Waals surface area (Å²) in [6.07, 6.45) is 0. The van der Waals surface area contributed by atoms with Crippen LogP contribution in [0, 0.1) is 28.5 Å². The molecule has 4 aromatic rings. The van der Waals surface area contributed by atoms with Crippen molar-refractivity contribution < 1.29 is 4.39 Å². The Morgan fingerprint density at radius 1 is 0.483 bits per heavy atom. The average Bonchev–Trinajstić information content (AvgIpc) is 2.80. The van der Waals surface area contributed by atoms with Gasteiger partial charge in [-0.1, -0.05) is 91.0 Å². The highest BCUT2D eigenvalue weighted by Gasteiger charge is 2.26. The van der Waals surface area contributed by atoms with Gasteiger partial charge in [0, 0.05) is 16.7 Å². The quantitative estimate of drug-likeness (QED) is 0.407. The number of hydrogen-bond acceptors (Lipinski definition) is 2. The SMILES string of the molecule is N#Cc1c(F)c(C#N)c(-c2ccccc2)c(-c2ccccc2)c1-c1ccccc1. The monoisotopic (exact) mass is 374 g/mol. The Hall–Kier alpha value is -4.21. The number of rotatable bonds is 3. The van der Waals surface area contributed by atoms with Gasteiger partial charge in [-0.3, -0.25) is 0 Å². The molecule has 0 heterocycles. The smallest absolute Gasteiger partial charge is 0.160 e. The molecule has 0 aliphatic carbocycles. The van der Waals surface area contributed by atoms with Gasteiger partial charge in [0.25, 0.3) is 0 Å². The lowest BCUT2D eigenvalue weighted by atomic mass is 9.82. The number of halogens is 1. The van der Waals surface area contributed by atoms with Crippen molar-refractivity contribution in [2.45, 2.75) is 0 Å². The van der Waals surface area contributed by atoms with E-state index >= 15 is 4.39 Å². The van der Waals surface area contributed by atoms with Gasteiger partial charge in [-0.2, -0.15) is 10.5 Å². The van der Waals surface area contributed by atoms with E-state index in [2.05, 4.69) is 0 Å². The van der Waals surface area contributed by atoms with Crippen LogP contribution >= 0.6 is 0 Å². The second kappa shape index (κ2) is 7.80. The maximum absolute atomic E-state index is 15.4. The average molecular weight is 374 g/mol. The number of nitriles is 2. The first-order chi connectivity index (χ1) is 14.3. The van der Waals surface area contributed by atoms with Crippen LogP contribution in [-0.4, -0.2) is 0 Å². The summed E-state index contributed by atoms with van der Waals surface area (Å²) in [5, 5.41) is 19.6. The van der Waals surface area contributed by atoms with E-state index in [1.807, 2.05) is 103 Å². The fraction of sp³-hybridized carbons (Fsp3) is 0. The molecular weight excluding hydrogens is 359 g/mol. The summed E-state index contributed by atoms with van der Waals surface area (Å²) in [4.78, 5) is 0. The van der Waals surface area contributed by atoms with Crippen molar-refractivity contribution in [3.05, 3.63) is 108 Å². The van der Waals surface area contributed by atoms with E-state index in [0.717, 1.165) is 16.7 Å². The summed E-state index contributed by atoms with van der Waals surface area (Å²) in [5.41, 5.74) is 3.70. The molecule has 0 bridgehead atoms. The van der Waals surface area contributed by atoms with Crippen LogP contribution in [0.15, 0.2) is 91.0 Å². The number of hydrogen-bond donors (Lipinski definition) is 0. The molecule has 0 amide bonds. The van der Waals surface area contributed by atoms with Crippen molar-refractivity contribution >= 4 is 0 Å². The van der Waals surface area contributed by atoms with Crippen molar-refractivity contribution in [2.75, 3.05) is 0 Å². The molecule has 4 rings (SSSR count). The predicted molar refractivity (Wildman–Crippen MR) is 112 cm³/mol. The van der Waals surface area contributed by atoms with Crippen LogP contribution < -0.4 is 0 Å². The van der Waals surface area contributed by atoms with Gasteiger partial charge in [0.2, 0.25) is 0 Å². The summed E-state index contributed by atoms with van der Waals surface area (Å²) >= 11 is 0. The molecule has 0 aromatic heterocycles. The van der Waals surface area contributed by atoms with E-state index in [1.54, 1.807) is 0 Å². The molecule has 0 aliphatic heterocycles. The molecule has 0 saturated carbocycles. The van der Waals surface area contributed by atoms with Crippen LogP contribution in [0.5, 0.6) is 0 Å². The molecule has 0 saturated heterocycles. The summed E-state index contributed by atoms with van der Waals surface area (Å²) in [6, 6.07) is 32.0. The fourth-order valence-corrected chi connectivity index (χ4v) is 3.61. The van der Waals surface area contributed by atoms with Gasteiger partial charge in [-0.25, -0.2) is 4.39 Å². The van der Waals surface area contributed by atoms with Crippen molar-refractivity contribution in [1.29, 1.82) is 10.5 Å². The van der Waals surface area contributed by atoms with E-state index in [-0.39, 0.29) is 11.1 Å². The normalized spacial score (nSPS) is 10.2. The Labute approximate surface area is 168 Å². The van der Waals surface area contributed by atoms with Crippen LogP contribution in [0.2, 0.25) is 0 Å². The third kappa shape index (κ3) is 3.16. The molecular formula is C26H15FN2. The zero-order valence-electron chi connectivity index (χ0n) is 15.4. The van der Waals surface area contributed by atoms with Gasteiger partial charge in [0.05, 0.1) is 11.1 Å². The van der Waals surface area contributed by atoms with Crippen molar-refractivity contribution in [1.82, 2.24) is 0 Å². The van der Waals surface area contributed by atoms with Crippen LogP contribution in [0.3, 0.4) is 0 Å². The van der Waals surface area contributed by atoms with Gasteiger partial charge in [-0.15, -0.1) is 0 Å². The molecule has 29 heavy (non-hydrogen) atoms. The summed E-state index contributed by atoms with van der Waals surface area (Å²) < 4.78 is 15.4. The van der Waals surface area contributed by atoms with Crippen molar-refractivity contribution in [2.24, 2.45) is 0 Å². The Bertz CT molecular complexity index is 1170. The second-order valence-electron chi connectivity index (χ2n) is 6.51. The number of benzene rings is 4. The predicted octanol–water partition coefficient (Wildman–Crippen LogP) is 6.57. The molecule has 136 valence electrons. The van der Waals surface area contributed by atoms with E-state index in [1.165, 1.54) is 0 Å². The summed E-state index contributed by atoms with van der Waals surface area (Å²) in [7, 11) is 0. The molecule has 0 N–H and O–H groups in total. The molecule has 2 nitrogen and oxygen atoms in total. The maximum Gasteiger partial charge on any atom is 0.160 e. The molecule has 0 atom stereocenters. The van der Waals surface area contributed by atoms with Crippen LogP contribution in [0.25, 0.3) is 33.4 Å². The minimum atomic E-state index is -0.785. The highest BCUT2D eigenvalue weighted by Crippen LogP contribution is 2.45. The molecule has 4 aromatic carbocycles. The second-order valence-corrected chi connectivity index (χ2v) is 6.51. The van der Waals surface area contributed by atoms with Gasteiger partial charge in [-0.05, 0) is 16.7 Å². The Balaban J connectivity index is 2.26. The summed E-state index contributed by atoms with van der Waals surface area (Å²) in [5.74, 6) is -0.785. The van der Waals surface area contributed by atoms with Crippen LogP contribution in [0.4, 0.5) is 4.39 Å². The third-order valence-electron chi connectivity index (χ3n) is 4.85. The lowest BCUT2D eigenvalue weighted by Gasteiger charge is -2.20. The highest BCUT2D eigenvalue weighted by atomic mass is 19.1. The Morgan fingerprint density at radius 3 is 1.10 bits per heavy atom. The van der Waals surface area contributed by atoms with E-state index < -0.39 is 5.82 Å². The zero-order chi connectivity index (χ0) is 20.2. The van der Waals surface area contributed by atoms with Crippen LogP contribution in [-0.2, 0) is 0 Å². The molecule has 0 aliphatic rings. The van der Waals surface area contributed by atoms with E-state index in [0.29, 0.717) is 16.7 Å². The lowest BCUT2D eigenvalue weighted by molar-refractivity contribution is 0.621. The van der Waals surface area contributed by atoms with Gasteiger partial charge >= 0.3 is 0 Å². The first kappa shape index (κ1) is 18.2. The van der Waals surface area contributed by atoms with Gasteiger partial charge < -0.3 is 0 Å². The number of nitrogens with zero attached hydrogens (tertiary/aromatic N) is 2. The minimum Gasteiger partial charge on any atom is -0.204 e. The lowest BCUT2D eigenvalue weighted by Crippen LogP contribution is -2.02. The molecule has 0 spiro atoms. The van der Waals surface area contributed by atoms with Crippen molar-refractivity contribution in [3.8, 4) is 45.5 Å². The fourth-order valence-electron chi connectivity index (χ4n) is 3.61. The maximum atomic E-state index is 15.4. The van der Waals surface area contributed by atoms with Gasteiger partial charge in [0.1, 0.15) is 12.1 Å². The van der Waals surface area contributed by atoms with Crippen LogP contribution in [0.1, 0.15) is 11.1 Å². The van der Waals surface area contributed by atoms with E-state index in [9.17, 15) is 10.5 Å². The Kier molecular flexibility index (Phi) is 4.89. The largest absolute Gasteiger partial charge is 0.204 e. The Morgan fingerprint density at radius 2 is 0.793 bits per heavy atom. The minimum absolute atomic E-state index is 0.119. The molecule has 0 fully saturated rings.